The van der Waals surface area contributed by atoms with Gasteiger partial charge in [-0.1, -0.05) is 0 Å². The molecule has 3 heteroatoms. The normalized spacial score (nSPS) is 30.6. The van der Waals surface area contributed by atoms with Crippen LogP contribution in [-0.4, -0.2) is 47.3 Å². The average molecular weight is 200 g/mol. The number of aliphatic hydroxyl groups is 1. The molecule has 1 aliphatic rings. The minimum Gasteiger partial charge on any atom is -0.396 e. The molecule has 0 aromatic heterocycles. The highest BCUT2D eigenvalue weighted by molar-refractivity contribution is 4.90. The van der Waals surface area contributed by atoms with Gasteiger partial charge in [0.2, 0.25) is 0 Å². The molecule has 2 unspecified atom stereocenters. The molecule has 0 radical (unpaired) electrons. The summed E-state index contributed by atoms with van der Waals surface area (Å²) < 4.78 is 0. The molecule has 2 atom stereocenters. The largest absolute Gasteiger partial charge is 0.396 e. The number of nitrogens with one attached hydrogen (secondary N) is 1. The Bertz CT molecular complexity index is 177. The lowest BCUT2D eigenvalue weighted by Crippen LogP contribution is -2.61. The third-order valence-corrected chi connectivity index (χ3v) is 2.94. The van der Waals surface area contributed by atoms with E-state index in [1.165, 1.54) is 0 Å². The molecule has 1 rings (SSSR count). The van der Waals surface area contributed by atoms with E-state index in [0.717, 1.165) is 19.5 Å². The van der Waals surface area contributed by atoms with Crippen LogP contribution in [0.3, 0.4) is 0 Å². The summed E-state index contributed by atoms with van der Waals surface area (Å²) in [4.78, 5) is 2.50. The summed E-state index contributed by atoms with van der Waals surface area (Å²) in [5, 5.41) is 12.5. The molecular formula is C11H24N2O. The topological polar surface area (TPSA) is 35.5 Å². The van der Waals surface area contributed by atoms with Crippen LogP contribution in [0.5, 0.6) is 0 Å². The van der Waals surface area contributed by atoms with Crippen molar-refractivity contribution < 1.29 is 5.11 Å². The predicted octanol–water partition coefficient (Wildman–Crippen LogP) is 0.830. The van der Waals surface area contributed by atoms with E-state index in [1.54, 1.807) is 0 Å². The molecule has 14 heavy (non-hydrogen) atoms. The highest BCUT2D eigenvalue weighted by Crippen LogP contribution is 2.21. The molecule has 0 spiro atoms. The average Bonchev–Trinajstić information content (AvgIpc) is 2.07. The van der Waals surface area contributed by atoms with Crippen molar-refractivity contribution in [2.45, 2.75) is 51.7 Å². The zero-order chi connectivity index (χ0) is 10.8. The van der Waals surface area contributed by atoms with Crippen molar-refractivity contribution in [1.29, 1.82) is 0 Å². The van der Waals surface area contributed by atoms with Gasteiger partial charge in [-0.15, -0.1) is 0 Å². The number of aliphatic hydroxyl groups excluding tert-OH is 1. The summed E-state index contributed by atoms with van der Waals surface area (Å²) in [5.74, 6) is 0. The number of hydrogen-bond acceptors (Lipinski definition) is 3. The zero-order valence-corrected chi connectivity index (χ0v) is 9.88. The number of nitrogens with zero attached hydrogens (tertiary/aromatic N) is 1. The quantitative estimate of drug-likeness (QED) is 0.693. The first kappa shape index (κ1) is 12.0. The number of rotatable bonds is 2. The van der Waals surface area contributed by atoms with E-state index in [-0.39, 0.29) is 12.1 Å². The van der Waals surface area contributed by atoms with Crippen LogP contribution in [0.4, 0.5) is 0 Å². The van der Waals surface area contributed by atoms with Crippen LogP contribution in [0.15, 0.2) is 0 Å². The molecular weight excluding hydrogens is 176 g/mol. The van der Waals surface area contributed by atoms with Gasteiger partial charge in [0, 0.05) is 37.3 Å². The van der Waals surface area contributed by atoms with E-state index in [0.29, 0.717) is 12.1 Å². The fourth-order valence-corrected chi connectivity index (χ4v) is 2.18. The van der Waals surface area contributed by atoms with Gasteiger partial charge in [0.1, 0.15) is 0 Å². The van der Waals surface area contributed by atoms with Crippen LogP contribution >= 0.6 is 0 Å². The van der Waals surface area contributed by atoms with Gasteiger partial charge >= 0.3 is 0 Å². The lowest BCUT2D eigenvalue weighted by Gasteiger charge is -2.47. The molecule has 2 N–H and O–H groups in total. The fraction of sp³-hybridized carbons (Fsp3) is 1.00. The van der Waals surface area contributed by atoms with Crippen molar-refractivity contribution in [2.75, 3.05) is 19.7 Å². The molecule has 84 valence electrons. The monoisotopic (exact) mass is 200 g/mol. The van der Waals surface area contributed by atoms with E-state index < -0.39 is 0 Å². The van der Waals surface area contributed by atoms with Crippen LogP contribution in [0.25, 0.3) is 0 Å². The standard InChI is InChI=1S/C11H24N2O/c1-9-8-13(11(2,3)4)10(5-6-14)7-12-9/h9-10,12,14H,5-8H2,1-4H3. The van der Waals surface area contributed by atoms with Crippen molar-refractivity contribution >= 4 is 0 Å². The van der Waals surface area contributed by atoms with Gasteiger partial charge in [0.25, 0.3) is 0 Å². The van der Waals surface area contributed by atoms with Crippen molar-refractivity contribution in [3.63, 3.8) is 0 Å². The molecule has 1 aliphatic heterocycles. The molecule has 0 amide bonds. The van der Waals surface area contributed by atoms with Crippen molar-refractivity contribution in [3.8, 4) is 0 Å². The highest BCUT2D eigenvalue weighted by Gasteiger charge is 2.32. The Balaban J connectivity index is 2.64. The molecule has 1 fully saturated rings. The lowest BCUT2D eigenvalue weighted by molar-refractivity contribution is 0.0324. The number of piperazine rings is 1. The van der Waals surface area contributed by atoms with Gasteiger partial charge in [0.15, 0.2) is 0 Å². The van der Waals surface area contributed by atoms with Gasteiger partial charge in [0.05, 0.1) is 0 Å². The minimum absolute atomic E-state index is 0.205. The smallest absolute Gasteiger partial charge is 0.0446 e. The second kappa shape index (κ2) is 4.60. The van der Waals surface area contributed by atoms with Crippen molar-refractivity contribution in [2.24, 2.45) is 0 Å². The fourth-order valence-electron chi connectivity index (χ4n) is 2.18. The van der Waals surface area contributed by atoms with E-state index >= 15 is 0 Å². The van der Waals surface area contributed by atoms with E-state index in [1.807, 2.05) is 0 Å². The second-order valence-electron chi connectivity index (χ2n) is 5.30. The third-order valence-electron chi connectivity index (χ3n) is 2.94. The first-order valence-corrected chi connectivity index (χ1v) is 5.56. The maximum atomic E-state index is 9.01. The molecule has 0 aromatic carbocycles. The van der Waals surface area contributed by atoms with E-state index in [2.05, 4.69) is 37.9 Å². The Morgan fingerprint density at radius 1 is 1.43 bits per heavy atom. The summed E-state index contributed by atoms with van der Waals surface area (Å²) in [5.41, 5.74) is 0.205. The second-order valence-corrected chi connectivity index (χ2v) is 5.30. The molecule has 0 saturated carbocycles. The lowest BCUT2D eigenvalue weighted by atomic mass is 9.97. The number of hydrogen-bond donors (Lipinski definition) is 2. The summed E-state index contributed by atoms with van der Waals surface area (Å²) in [7, 11) is 0. The zero-order valence-electron chi connectivity index (χ0n) is 9.88. The summed E-state index contributed by atoms with van der Waals surface area (Å²) in [6.07, 6.45) is 0.872. The van der Waals surface area contributed by atoms with Crippen LogP contribution in [0.1, 0.15) is 34.1 Å². The highest BCUT2D eigenvalue weighted by atomic mass is 16.3. The maximum absolute atomic E-state index is 9.01. The Kier molecular flexibility index (Phi) is 3.93. The van der Waals surface area contributed by atoms with Crippen molar-refractivity contribution in [1.82, 2.24) is 10.2 Å². The first-order valence-electron chi connectivity index (χ1n) is 5.56. The molecule has 0 aromatic rings. The minimum atomic E-state index is 0.205. The van der Waals surface area contributed by atoms with Gasteiger partial charge in [-0.2, -0.15) is 0 Å². The van der Waals surface area contributed by atoms with Gasteiger partial charge in [-0.05, 0) is 34.1 Å². The maximum Gasteiger partial charge on any atom is 0.0446 e. The van der Waals surface area contributed by atoms with Crippen LogP contribution < -0.4 is 5.32 Å². The SMILES string of the molecule is CC1CN(C(C)(C)C)C(CCO)CN1. The Morgan fingerprint density at radius 2 is 2.07 bits per heavy atom. The molecule has 3 nitrogen and oxygen atoms in total. The van der Waals surface area contributed by atoms with E-state index in [4.69, 9.17) is 5.11 Å². The molecule has 0 aliphatic carbocycles. The Morgan fingerprint density at radius 3 is 2.57 bits per heavy atom. The van der Waals surface area contributed by atoms with Gasteiger partial charge in [-0.3, -0.25) is 4.90 Å². The van der Waals surface area contributed by atoms with Gasteiger partial charge in [-0.25, -0.2) is 0 Å². The summed E-state index contributed by atoms with van der Waals surface area (Å²) >= 11 is 0. The third kappa shape index (κ3) is 2.94. The van der Waals surface area contributed by atoms with E-state index in [9.17, 15) is 0 Å². The summed E-state index contributed by atoms with van der Waals surface area (Å²) in [6.45, 7) is 11.3. The van der Waals surface area contributed by atoms with Crippen LogP contribution in [0, 0.1) is 0 Å². The van der Waals surface area contributed by atoms with Crippen LogP contribution in [-0.2, 0) is 0 Å². The molecule has 1 heterocycles. The predicted molar refractivity (Wildman–Crippen MR) is 59.4 cm³/mol. The first-order chi connectivity index (χ1) is 6.45. The summed E-state index contributed by atoms with van der Waals surface area (Å²) in [6, 6.07) is 1.04. The molecule has 0 bridgehead atoms. The Labute approximate surface area is 87.5 Å². The van der Waals surface area contributed by atoms with Gasteiger partial charge < -0.3 is 10.4 Å². The van der Waals surface area contributed by atoms with Crippen molar-refractivity contribution in [3.05, 3.63) is 0 Å². The molecule has 1 saturated heterocycles. The Hall–Kier alpha value is -0.120. The van der Waals surface area contributed by atoms with Crippen LogP contribution in [0.2, 0.25) is 0 Å².